The molecule has 0 heterocycles. The fourth-order valence-electron chi connectivity index (χ4n) is 1.30. The van der Waals surface area contributed by atoms with Crippen molar-refractivity contribution in [2.75, 3.05) is 11.5 Å². The lowest BCUT2D eigenvalue weighted by molar-refractivity contribution is 0.0941. The van der Waals surface area contributed by atoms with Crippen LogP contribution in [0, 0.1) is 0 Å². The number of carbonyl (C=O) groups excluding carboxylic acids is 1. The lowest BCUT2D eigenvalue weighted by Crippen LogP contribution is -2.34. The van der Waals surface area contributed by atoms with E-state index in [9.17, 15) is 4.79 Å². The van der Waals surface area contributed by atoms with Gasteiger partial charge in [0.05, 0.1) is 5.56 Å². The highest BCUT2D eigenvalue weighted by Gasteiger charge is 2.11. The molecule has 1 amide bonds. The van der Waals surface area contributed by atoms with Gasteiger partial charge in [0.25, 0.3) is 5.91 Å². The van der Waals surface area contributed by atoms with E-state index in [2.05, 4.69) is 24.9 Å². The van der Waals surface area contributed by atoms with E-state index in [0.29, 0.717) is 5.56 Å². The van der Waals surface area contributed by atoms with E-state index in [4.69, 9.17) is 0 Å². The fourth-order valence-corrected chi connectivity index (χ4v) is 2.24. The minimum absolute atomic E-state index is 0.0465. The van der Waals surface area contributed by atoms with Crippen molar-refractivity contribution < 1.29 is 4.79 Å². The molecule has 0 bridgehead atoms. The van der Waals surface area contributed by atoms with Crippen molar-refractivity contribution in [2.45, 2.75) is 24.8 Å². The molecule has 1 N–H and O–H groups in total. The number of amides is 1. The van der Waals surface area contributed by atoms with E-state index >= 15 is 0 Å². The zero-order chi connectivity index (χ0) is 12.0. The normalized spacial score (nSPS) is 12.2. The molecule has 0 spiro atoms. The van der Waals surface area contributed by atoms with Crippen LogP contribution in [0.1, 0.15) is 24.2 Å². The summed E-state index contributed by atoms with van der Waals surface area (Å²) in [6.45, 7) is 4.13. The summed E-state index contributed by atoms with van der Waals surface area (Å²) in [5.74, 6) is 1.97. The zero-order valence-corrected chi connectivity index (χ0v) is 11.3. The van der Waals surface area contributed by atoms with Crippen LogP contribution in [0.4, 0.5) is 0 Å². The summed E-state index contributed by atoms with van der Waals surface area (Å²) in [5.41, 5.74) is 0.638. The van der Waals surface area contributed by atoms with E-state index in [0.717, 1.165) is 16.4 Å². The molecule has 2 nitrogen and oxygen atoms in total. The molecule has 0 fully saturated rings. The SMILES string of the molecule is CCSCC(C)NC(=O)c1ccccc1S. The molecule has 0 saturated carbocycles. The number of nitrogens with one attached hydrogen (secondary N) is 1. The standard InChI is InChI=1S/C12H17NOS2/c1-3-16-8-9(2)13-12(14)10-6-4-5-7-11(10)15/h4-7,9,15H,3,8H2,1-2H3,(H,13,14). The molecule has 0 aliphatic carbocycles. The maximum absolute atomic E-state index is 11.9. The van der Waals surface area contributed by atoms with E-state index in [-0.39, 0.29) is 11.9 Å². The maximum atomic E-state index is 11.9. The number of thioether (sulfide) groups is 1. The van der Waals surface area contributed by atoms with Crippen molar-refractivity contribution in [3.63, 3.8) is 0 Å². The van der Waals surface area contributed by atoms with Crippen molar-refractivity contribution in [1.29, 1.82) is 0 Å². The van der Waals surface area contributed by atoms with Crippen molar-refractivity contribution >= 4 is 30.3 Å². The summed E-state index contributed by atoms with van der Waals surface area (Å²) in [6, 6.07) is 7.52. The van der Waals surface area contributed by atoms with E-state index in [1.807, 2.05) is 36.9 Å². The van der Waals surface area contributed by atoms with Gasteiger partial charge in [-0.15, -0.1) is 12.6 Å². The molecule has 0 aliphatic rings. The molecule has 0 saturated heterocycles. The Kier molecular flexibility index (Phi) is 5.77. The average Bonchev–Trinajstić information content (AvgIpc) is 2.26. The van der Waals surface area contributed by atoms with Crippen molar-refractivity contribution in [2.24, 2.45) is 0 Å². The Morgan fingerprint density at radius 1 is 1.50 bits per heavy atom. The predicted octanol–water partition coefficient (Wildman–Crippen LogP) is 2.85. The molecule has 16 heavy (non-hydrogen) atoms. The minimum Gasteiger partial charge on any atom is -0.349 e. The van der Waals surface area contributed by atoms with Gasteiger partial charge in [-0.2, -0.15) is 11.8 Å². The van der Waals surface area contributed by atoms with Crippen LogP contribution in [0.5, 0.6) is 0 Å². The fraction of sp³-hybridized carbons (Fsp3) is 0.417. The van der Waals surface area contributed by atoms with Gasteiger partial charge in [0, 0.05) is 16.7 Å². The largest absolute Gasteiger partial charge is 0.349 e. The topological polar surface area (TPSA) is 29.1 Å². The second kappa shape index (κ2) is 6.86. The first-order valence-electron chi connectivity index (χ1n) is 5.31. The third-order valence-electron chi connectivity index (χ3n) is 2.10. The van der Waals surface area contributed by atoms with Crippen molar-refractivity contribution in [1.82, 2.24) is 5.32 Å². The number of hydrogen-bond acceptors (Lipinski definition) is 3. The first kappa shape index (κ1) is 13.5. The second-order valence-corrected chi connectivity index (χ2v) is 5.35. The Balaban J connectivity index is 2.56. The Bertz CT molecular complexity index is 355. The molecule has 1 atom stereocenters. The molecule has 0 aromatic heterocycles. The average molecular weight is 255 g/mol. The summed E-state index contributed by atoms with van der Waals surface area (Å²) in [6.07, 6.45) is 0. The Labute approximate surface area is 107 Å². The minimum atomic E-state index is -0.0465. The van der Waals surface area contributed by atoms with Gasteiger partial charge in [0.1, 0.15) is 0 Å². The number of carbonyl (C=O) groups is 1. The van der Waals surface area contributed by atoms with Crippen LogP contribution in [-0.2, 0) is 0 Å². The first-order chi connectivity index (χ1) is 7.65. The van der Waals surface area contributed by atoms with Gasteiger partial charge in [-0.1, -0.05) is 19.1 Å². The van der Waals surface area contributed by atoms with Crippen LogP contribution in [-0.4, -0.2) is 23.5 Å². The molecule has 4 heteroatoms. The monoisotopic (exact) mass is 255 g/mol. The van der Waals surface area contributed by atoms with Crippen LogP contribution in [0.25, 0.3) is 0 Å². The lowest BCUT2D eigenvalue weighted by Gasteiger charge is -2.13. The predicted molar refractivity (Wildman–Crippen MR) is 73.6 cm³/mol. The van der Waals surface area contributed by atoms with Gasteiger partial charge in [0.2, 0.25) is 0 Å². The zero-order valence-electron chi connectivity index (χ0n) is 9.56. The summed E-state index contributed by atoms with van der Waals surface area (Å²) >= 11 is 6.09. The number of hydrogen-bond donors (Lipinski definition) is 2. The van der Waals surface area contributed by atoms with Crippen LogP contribution in [0.3, 0.4) is 0 Å². The number of benzene rings is 1. The molecular weight excluding hydrogens is 238 g/mol. The quantitative estimate of drug-likeness (QED) is 0.792. The smallest absolute Gasteiger partial charge is 0.252 e. The lowest BCUT2D eigenvalue weighted by atomic mass is 10.2. The Morgan fingerprint density at radius 3 is 2.81 bits per heavy atom. The van der Waals surface area contributed by atoms with Crippen molar-refractivity contribution in [3.05, 3.63) is 29.8 Å². The van der Waals surface area contributed by atoms with Crippen LogP contribution >= 0.6 is 24.4 Å². The summed E-state index contributed by atoms with van der Waals surface area (Å²) in [4.78, 5) is 12.6. The third kappa shape index (κ3) is 4.10. The van der Waals surface area contributed by atoms with Crippen molar-refractivity contribution in [3.8, 4) is 0 Å². The van der Waals surface area contributed by atoms with E-state index in [1.165, 1.54) is 0 Å². The summed E-state index contributed by atoms with van der Waals surface area (Å²) < 4.78 is 0. The highest BCUT2D eigenvalue weighted by molar-refractivity contribution is 7.99. The van der Waals surface area contributed by atoms with Crippen LogP contribution in [0.2, 0.25) is 0 Å². The molecule has 0 radical (unpaired) electrons. The van der Waals surface area contributed by atoms with Gasteiger partial charge in [-0.3, -0.25) is 4.79 Å². The molecular formula is C12H17NOS2. The number of thiol groups is 1. The van der Waals surface area contributed by atoms with Gasteiger partial charge >= 0.3 is 0 Å². The van der Waals surface area contributed by atoms with E-state index < -0.39 is 0 Å². The third-order valence-corrected chi connectivity index (χ3v) is 3.63. The van der Waals surface area contributed by atoms with Crippen LogP contribution < -0.4 is 5.32 Å². The molecule has 1 rings (SSSR count). The van der Waals surface area contributed by atoms with Gasteiger partial charge < -0.3 is 5.32 Å². The number of rotatable bonds is 5. The molecule has 1 aromatic carbocycles. The van der Waals surface area contributed by atoms with Crippen LogP contribution in [0.15, 0.2) is 29.2 Å². The highest BCUT2D eigenvalue weighted by Crippen LogP contribution is 2.13. The summed E-state index contributed by atoms with van der Waals surface area (Å²) in [5, 5.41) is 2.96. The van der Waals surface area contributed by atoms with E-state index in [1.54, 1.807) is 6.07 Å². The van der Waals surface area contributed by atoms with Gasteiger partial charge in [0.15, 0.2) is 0 Å². The first-order valence-corrected chi connectivity index (χ1v) is 6.92. The highest BCUT2D eigenvalue weighted by atomic mass is 32.2. The molecule has 88 valence electrons. The molecule has 1 aromatic rings. The van der Waals surface area contributed by atoms with Gasteiger partial charge in [-0.05, 0) is 24.8 Å². The second-order valence-electron chi connectivity index (χ2n) is 3.55. The molecule has 0 aliphatic heterocycles. The Morgan fingerprint density at radius 2 is 2.19 bits per heavy atom. The Hall–Kier alpha value is -0.610. The van der Waals surface area contributed by atoms with Gasteiger partial charge in [-0.25, -0.2) is 0 Å². The summed E-state index contributed by atoms with van der Waals surface area (Å²) in [7, 11) is 0. The molecule has 1 unspecified atom stereocenters. The maximum Gasteiger partial charge on any atom is 0.252 e.